The Hall–Kier alpha value is -2.69. The molecule has 0 radical (unpaired) electrons. The summed E-state index contributed by atoms with van der Waals surface area (Å²) in [6.07, 6.45) is 0.843. The van der Waals surface area contributed by atoms with Gasteiger partial charge < -0.3 is 4.57 Å². The third kappa shape index (κ3) is 3.72. The van der Waals surface area contributed by atoms with Gasteiger partial charge in [-0.15, -0.1) is 0 Å². The summed E-state index contributed by atoms with van der Waals surface area (Å²) < 4.78 is 2.87. The van der Waals surface area contributed by atoms with Crippen LogP contribution in [0, 0.1) is 0 Å². The normalized spacial score (nSPS) is 11.9. The molecule has 4 aromatic rings. The van der Waals surface area contributed by atoms with Crippen molar-refractivity contribution in [3.63, 3.8) is 0 Å². The molecule has 3 aromatic carbocycles. The topological polar surface area (TPSA) is 34.4 Å². The van der Waals surface area contributed by atoms with Gasteiger partial charge in [0.05, 0.1) is 15.2 Å². The number of hydrogen-bond acceptors (Lipinski definition) is 2. The van der Waals surface area contributed by atoms with Crippen molar-refractivity contribution in [1.82, 2.24) is 4.57 Å². The molecule has 0 aliphatic carbocycles. The molecule has 0 aliphatic rings. The van der Waals surface area contributed by atoms with Gasteiger partial charge in [-0.05, 0) is 41.8 Å². The van der Waals surface area contributed by atoms with Crippen LogP contribution in [-0.2, 0) is 13.5 Å². The van der Waals surface area contributed by atoms with E-state index in [2.05, 4.69) is 17.1 Å². The van der Waals surface area contributed by atoms with E-state index in [1.807, 2.05) is 72.3 Å². The monoisotopic (exact) mass is 392 g/mol. The molecule has 1 aromatic heterocycles. The highest BCUT2D eigenvalue weighted by Gasteiger charge is 2.09. The van der Waals surface area contributed by atoms with Gasteiger partial charge in [0, 0.05) is 12.6 Å². The van der Waals surface area contributed by atoms with E-state index in [9.17, 15) is 4.79 Å². The van der Waals surface area contributed by atoms with Crippen LogP contribution in [0.3, 0.4) is 0 Å². The number of thiazole rings is 1. The molecule has 1 heterocycles. The standard InChI is InChI=1S/C22H17ClN2OS/c1-25-20-18(23)8-5-9-19(20)27-22(25)24-21(26)17-12-10-16(11-13-17)14-15-6-3-2-4-7-15/h2-13H,14H2,1H3. The molecule has 0 bridgehead atoms. The predicted molar refractivity (Wildman–Crippen MR) is 111 cm³/mol. The van der Waals surface area contributed by atoms with Gasteiger partial charge in [0.1, 0.15) is 0 Å². The van der Waals surface area contributed by atoms with Crippen molar-refractivity contribution in [2.75, 3.05) is 0 Å². The molecule has 3 nitrogen and oxygen atoms in total. The summed E-state index contributed by atoms with van der Waals surface area (Å²) in [6.45, 7) is 0. The quantitative estimate of drug-likeness (QED) is 0.470. The molecule has 0 N–H and O–H groups in total. The fraction of sp³-hybridized carbons (Fsp3) is 0.0909. The lowest BCUT2D eigenvalue weighted by atomic mass is 10.0. The van der Waals surface area contributed by atoms with E-state index in [4.69, 9.17) is 11.6 Å². The van der Waals surface area contributed by atoms with Gasteiger partial charge in [-0.25, -0.2) is 0 Å². The minimum absolute atomic E-state index is 0.250. The third-order valence-electron chi connectivity index (χ3n) is 4.42. The Labute approximate surface area is 166 Å². The van der Waals surface area contributed by atoms with Gasteiger partial charge in [0.25, 0.3) is 5.91 Å². The van der Waals surface area contributed by atoms with E-state index in [-0.39, 0.29) is 5.91 Å². The van der Waals surface area contributed by atoms with Gasteiger partial charge in [-0.1, -0.05) is 71.5 Å². The highest BCUT2D eigenvalue weighted by Crippen LogP contribution is 2.24. The van der Waals surface area contributed by atoms with E-state index in [0.717, 1.165) is 22.2 Å². The van der Waals surface area contributed by atoms with Crippen molar-refractivity contribution in [1.29, 1.82) is 0 Å². The molecule has 4 rings (SSSR count). The van der Waals surface area contributed by atoms with Crippen molar-refractivity contribution >= 4 is 39.1 Å². The van der Waals surface area contributed by atoms with Crippen molar-refractivity contribution < 1.29 is 4.79 Å². The van der Waals surface area contributed by atoms with Crippen LogP contribution < -0.4 is 4.80 Å². The minimum Gasteiger partial charge on any atom is -0.318 e. The second-order valence-electron chi connectivity index (χ2n) is 6.31. The maximum absolute atomic E-state index is 12.6. The van der Waals surface area contributed by atoms with Crippen molar-refractivity contribution in [3.8, 4) is 0 Å². The van der Waals surface area contributed by atoms with Crippen LogP contribution in [0.25, 0.3) is 10.2 Å². The van der Waals surface area contributed by atoms with E-state index in [1.54, 1.807) is 0 Å². The van der Waals surface area contributed by atoms with E-state index in [0.29, 0.717) is 15.4 Å². The van der Waals surface area contributed by atoms with Crippen LogP contribution in [0.4, 0.5) is 0 Å². The number of hydrogen-bond donors (Lipinski definition) is 0. The zero-order chi connectivity index (χ0) is 18.8. The Morgan fingerprint density at radius 2 is 1.67 bits per heavy atom. The number of nitrogens with zero attached hydrogens (tertiary/aromatic N) is 2. The van der Waals surface area contributed by atoms with Crippen LogP contribution >= 0.6 is 22.9 Å². The number of fused-ring (bicyclic) bond motifs is 1. The predicted octanol–water partition coefficient (Wildman–Crippen LogP) is 5.23. The lowest BCUT2D eigenvalue weighted by Crippen LogP contribution is -2.13. The molecule has 0 fully saturated rings. The lowest BCUT2D eigenvalue weighted by molar-refractivity contribution is 0.0998. The van der Waals surface area contributed by atoms with Gasteiger partial charge >= 0.3 is 0 Å². The molecular weight excluding hydrogens is 376 g/mol. The van der Waals surface area contributed by atoms with Gasteiger partial charge in [-0.3, -0.25) is 4.79 Å². The Kier molecular flexibility index (Phi) is 4.92. The fourth-order valence-electron chi connectivity index (χ4n) is 3.01. The smallest absolute Gasteiger partial charge is 0.279 e. The van der Waals surface area contributed by atoms with Crippen LogP contribution in [0.2, 0.25) is 5.02 Å². The van der Waals surface area contributed by atoms with Gasteiger partial charge in [0.15, 0.2) is 4.80 Å². The summed E-state index contributed by atoms with van der Waals surface area (Å²) in [4.78, 5) is 17.5. The Bertz CT molecular complexity index is 1170. The first-order chi connectivity index (χ1) is 13.1. The van der Waals surface area contributed by atoms with E-state index < -0.39 is 0 Å². The summed E-state index contributed by atoms with van der Waals surface area (Å²) in [5.74, 6) is -0.250. The number of para-hydroxylation sites is 1. The number of aryl methyl sites for hydroxylation is 1. The molecule has 0 saturated carbocycles. The lowest BCUT2D eigenvalue weighted by Gasteiger charge is -2.03. The van der Waals surface area contributed by atoms with Crippen molar-refractivity contribution in [3.05, 3.63) is 99.3 Å². The molecule has 0 aliphatic heterocycles. The van der Waals surface area contributed by atoms with Crippen LogP contribution in [0.5, 0.6) is 0 Å². The molecule has 0 unspecified atom stereocenters. The zero-order valence-corrected chi connectivity index (χ0v) is 16.3. The number of rotatable bonds is 3. The summed E-state index contributed by atoms with van der Waals surface area (Å²) >= 11 is 7.73. The maximum Gasteiger partial charge on any atom is 0.279 e. The number of carbonyl (C=O) groups excluding carboxylic acids is 1. The van der Waals surface area contributed by atoms with Crippen molar-refractivity contribution in [2.45, 2.75) is 6.42 Å². The molecule has 0 atom stereocenters. The molecule has 134 valence electrons. The minimum atomic E-state index is -0.250. The highest BCUT2D eigenvalue weighted by molar-refractivity contribution is 7.16. The zero-order valence-electron chi connectivity index (χ0n) is 14.7. The Morgan fingerprint density at radius 3 is 2.37 bits per heavy atom. The third-order valence-corrected chi connectivity index (χ3v) is 5.82. The Morgan fingerprint density at radius 1 is 0.963 bits per heavy atom. The number of carbonyl (C=O) groups is 1. The molecule has 0 saturated heterocycles. The van der Waals surface area contributed by atoms with Crippen LogP contribution in [-0.4, -0.2) is 10.5 Å². The molecular formula is C22H17ClN2OS. The number of halogens is 1. The Balaban J connectivity index is 1.61. The second kappa shape index (κ2) is 7.51. The van der Waals surface area contributed by atoms with Crippen molar-refractivity contribution in [2.24, 2.45) is 12.0 Å². The molecule has 27 heavy (non-hydrogen) atoms. The first-order valence-electron chi connectivity index (χ1n) is 8.58. The van der Waals surface area contributed by atoms with Crippen LogP contribution in [0.1, 0.15) is 21.5 Å². The number of amides is 1. The number of benzene rings is 3. The van der Waals surface area contributed by atoms with Crippen LogP contribution in [0.15, 0.2) is 77.8 Å². The highest BCUT2D eigenvalue weighted by atomic mass is 35.5. The average molecular weight is 393 g/mol. The molecule has 0 spiro atoms. The van der Waals surface area contributed by atoms with Gasteiger partial charge in [-0.2, -0.15) is 4.99 Å². The average Bonchev–Trinajstić information content (AvgIpc) is 3.00. The summed E-state index contributed by atoms with van der Waals surface area (Å²) in [6, 6.07) is 23.6. The number of aromatic nitrogens is 1. The SMILES string of the molecule is Cn1c(=NC(=O)c2ccc(Cc3ccccc3)cc2)sc2cccc(Cl)c21. The maximum atomic E-state index is 12.6. The first-order valence-corrected chi connectivity index (χ1v) is 9.77. The summed E-state index contributed by atoms with van der Waals surface area (Å²) in [7, 11) is 1.87. The van der Waals surface area contributed by atoms with Gasteiger partial charge in [0.2, 0.25) is 0 Å². The largest absolute Gasteiger partial charge is 0.318 e. The first kappa shape index (κ1) is 17.7. The molecule has 5 heteroatoms. The molecule has 1 amide bonds. The fourth-order valence-corrected chi connectivity index (χ4v) is 4.41. The summed E-state index contributed by atoms with van der Waals surface area (Å²) in [5.41, 5.74) is 3.89. The van der Waals surface area contributed by atoms with E-state index >= 15 is 0 Å². The second-order valence-corrected chi connectivity index (χ2v) is 7.72. The summed E-state index contributed by atoms with van der Waals surface area (Å²) in [5, 5.41) is 0.658. The van der Waals surface area contributed by atoms with E-state index in [1.165, 1.54) is 16.9 Å².